The van der Waals surface area contributed by atoms with Gasteiger partial charge in [-0.2, -0.15) is 4.98 Å². The number of rotatable bonds is 7. The first-order valence-electron chi connectivity index (χ1n) is 10.7. The highest BCUT2D eigenvalue weighted by molar-refractivity contribution is 7.14. The van der Waals surface area contributed by atoms with Gasteiger partial charge in [-0.05, 0) is 37.6 Å². The lowest BCUT2D eigenvalue weighted by Gasteiger charge is -2.34. The fourth-order valence-electron chi connectivity index (χ4n) is 3.54. The molecule has 4 rings (SSSR count). The van der Waals surface area contributed by atoms with Gasteiger partial charge in [-0.3, -0.25) is 4.79 Å². The molecule has 3 heterocycles. The van der Waals surface area contributed by atoms with Gasteiger partial charge in [0.15, 0.2) is 5.75 Å². The molecule has 1 fully saturated rings. The first-order chi connectivity index (χ1) is 16.6. The van der Waals surface area contributed by atoms with Crippen LogP contribution in [0.15, 0.2) is 35.8 Å². The third-order valence-corrected chi connectivity index (χ3v) is 6.27. The van der Waals surface area contributed by atoms with Crippen LogP contribution in [-0.4, -0.2) is 60.4 Å². The molecule has 3 aromatic rings. The van der Waals surface area contributed by atoms with Crippen LogP contribution in [0.2, 0.25) is 0 Å². The number of carbonyl (C=O) groups is 1. The Balaban J connectivity index is 1.60. The van der Waals surface area contributed by atoms with E-state index in [1.54, 1.807) is 24.4 Å². The molecule has 0 bridgehead atoms. The zero-order valence-electron chi connectivity index (χ0n) is 19.0. The molecule has 0 spiro atoms. The molecule has 1 aliphatic heterocycles. The van der Waals surface area contributed by atoms with E-state index in [1.165, 1.54) is 29.7 Å². The van der Waals surface area contributed by atoms with Crippen LogP contribution in [0.4, 0.5) is 41.3 Å². The lowest BCUT2D eigenvalue weighted by molar-refractivity contribution is -0.274. The smallest absolute Gasteiger partial charge is 0.403 e. The number of benzene rings is 1. The summed E-state index contributed by atoms with van der Waals surface area (Å²) < 4.78 is 43.8. The Bertz CT molecular complexity index is 1210. The van der Waals surface area contributed by atoms with Gasteiger partial charge in [-0.25, -0.2) is 4.98 Å². The lowest BCUT2D eigenvalue weighted by Crippen LogP contribution is -2.44. The molecule has 1 aliphatic rings. The molecule has 0 aliphatic carbocycles. The highest BCUT2D eigenvalue weighted by Gasteiger charge is 2.33. The van der Waals surface area contributed by atoms with Crippen molar-refractivity contribution in [2.24, 2.45) is 5.73 Å². The van der Waals surface area contributed by atoms with Crippen molar-refractivity contribution in [2.75, 3.05) is 48.8 Å². The molecule has 0 radical (unpaired) electrons. The molecule has 35 heavy (non-hydrogen) atoms. The maximum atomic E-state index is 13.2. The molecule has 0 saturated carbocycles. The summed E-state index contributed by atoms with van der Waals surface area (Å²) in [5.74, 6) is -0.551. The highest BCUT2D eigenvalue weighted by atomic mass is 32.1. The predicted octanol–water partition coefficient (Wildman–Crippen LogP) is 4.08. The Morgan fingerprint density at radius 1 is 1.17 bits per heavy atom. The van der Waals surface area contributed by atoms with Gasteiger partial charge in [0.25, 0.3) is 5.91 Å². The minimum Gasteiger partial charge on any atom is -0.403 e. The van der Waals surface area contributed by atoms with E-state index in [-0.39, 0.29) is 17.4 Å². The van der Waals surface area contributed by atoms with Crippen molar-refractivity contribution in [1.82, 2.24) is 14.9 Å². The fraction of sp³-hybridized carbons (Fsp3) is 0.318. The summed E-state index contributed by atoms with van der Waals surface area (Å²) in [5, 5.41) is 8.07. The minimum atomic E-state index is -4.87. The first kappa shape index (κ1) is 24.5. The SMILES string of the molecule is Cc1cnc(Nc2ccc(N3CCN(C)CC3)cc2OC(F)(F)F)nc1Nc1sccc1C(N)=O. The van der Waals surface area contributed by atoms with Gasteiger partial charge >= 0.3 is 6.36 Å². The van der Waals surface area contributed by atoms with Crippen molar-refractivity contribution in [3.05, 3.63) is 47.0 Å². The van der Waals surface area contributed by atoms with Crippen LogP contribution in [0.3, 0.4) is 0 Å². The maximum Gasteiger partial charge on any atom is 0.573 e. The van der Waals surface area contributed by atoms with E-state index in [4.69, 9.17) is 5.73 Å². The fourth-order valence-corrected chi connectivity index (χ4v) is 4.33. The maximum absolute atomic E-state index is 13.2. The Kier molecular flexibility index (Phi) is 6.98. The van der Waals surface area contributed by atoms with Crippen LogP contribution in [0.5, 0.6) is 5.75 Å². The quantitative estimate of drug-likeness (QED) is 0.439. The average molecular weight is 508 g/mol. The number of hydrogen-bond donors (Lipinski definition) is 3. The summed E-state index contributed by atoms with van der Waals surface area (Å²) in [6.07, 6.45) is -3.36. The minimum absolute atomic E-state index is 0.0506. The van der Waals surface area contributed by atoms with Crippen molar-refractivity contribution < 1.29 is 22.7 Å². The van der Waals surface area contributed by atoms with E-state index < -0.39 is 12.3 Å². The standard InChI is InChI=1S/C22H24F3N7O2S/c1-13-12-27-21(30-19(13)29-20-15(18(26)33)5-10-35-20)28-16-4-3-14(11-17(16)34-22(23,24)25)32-8-6-31(2)7-9-32/h3-5,10-12H,6-9H2,1-2H3,(H2,26,33)(H2,27,28,29,30). The Morgan fingerprint density at radius 3 is 2.60 bits per heavy atom. The Hall–Kier alpha value is -3.58. The van der Waals surface area contributed by atoms with Crippen LogP contribution < -0.4 is 26.0 Å². The largest absolute Gasteiger partial charge is 0.573 e. The number of aryl methyl sites for hydroxylation is 1. The van der Waals surface area contributed by atoms with E-state index in [1.807, 2.05) is 11.9 Å². The molecule has 9 nitrogen and oxygen atoms in total. The van der Waals surface area contributed by atoms with Crippen LogP contribution in [0, 0.1) is 6.92 Å². The number of hydrogen-bond acceptors (Lipinski definition) is 9. The molecule has 13 heteroatoms. The summed E-state index contributed by atoms with van der Waals surface area (Å²) in [6, 6.07) is 6.19. The van der Waals surface area contributed by atoms with E-state index in [2.05, 4.69) is 30.2 Å². The number of ether oxygens (including phenoxy) is 1. The number of nitrogens with two attached hydrogens (primary N) is 1. The number of primary amides is 1. The second-order valence-corrected chi connectivity index (χ2v) is 8.94. The number of carbonyl (C=O) groups excluding carboxylic acids is 1. The monoisotopic (exact) mass is 507 g/mol. The van der Waals surface area contributed by atoms with Gasteiger partial charge in [0.2, 0.25) is 5.95 Å². The summed E-state index contributed by atoms with van der Waals surface area (Å²) in [6.45, 7) is 4.77. The van der Waals surface area contributed by atoms with Gasteiger partial charge < -0.3 is 30.9 Å². The number of alkyl halides is 3. The molecular formula is C22H24F3N7O2S. The third kappa shape index (κ3) is 6.11. The van der Waals surface area contributed by atoms with Crippen LogP contribution in [-0.2, 0) is 0 Å². The number of nitrogens with one attached hydrogen (secondary N) is 2. The topological polar surface area (TPSA) is 109 Å². The molecule has 0 atom stereocenters. The van der Waals surface area contributed by atoms with E-state index in [9.17, 15) is 18.0 Å². The second-order valence-electron chi connectivity index (χ2n) is 8.02. The van der Waals surface area contributed by atoms with Crippen molar-refractivity contribution >= 4 is 45.4 Å². The van der Waals surface area contributed by atoms with Gasteiger partial charge in [0.05, 0.1) is 11.3 Å². The van der Waals surface area contributed by atoms with Crippen LogP contribution >= 0.6 is 11.3 Å². The number of aromatic nitrogens is 2. The van der Waals surface area contributed by atoms with Gasteiger partial charge in [-0.15, -0.1) is 24.5 Å². The lowest BCUT2D eigenvalue weighted by atomic mass is 10.2. The predicted molar refractivity (Wildman–Crippen MR) is 129 cm³/mol. The third-order valence-electron chi connectivity index (χ3n) is 5.44. The number of thiophene rings is 1. The van der Waals surface area contributed by atoms with E-state index in [0.29, 0.717) is 40.7 Å². The number of piperazine rings is 1. The average Bonchev–Trinajstić information content (AvgIpc) is 3.25. The number of halogens is 3. The molecule has 4 N–H and O–H groups in total. The highest BCUT2D eigenvalue weighted by Crippen LogP contribution is 2.36. The normalized spacial score (nSPS) is 14.6. The number of likely N-dealkylation sites (N-methyl/N-ethyl adjacent to an activating group) is 1. The van der Waals surface area contributed by atoms with Crippen LogP contribution in [0.25, 0.3) is 0 Å². The summed E-state index contributed by atoms with van der Waals surface area (Å²) in [5.41, 5.74) is 7.06. The van der Waals surface area contributed by atoms with Crippen molar-refractivity contribution in [3.63, 3.8) is 0 Å². The molecule has 1 aromatic carbocycles. The molecule has 2 aromatic heterocycles. The first-order valence-corrected chi connectivity index (χ1v) is 11.6. The summed E-state index contributed by atoms with van der Waals surface area (Å²) >= 11 is 1.27. The Morgan fingerprint density at radius 2 is 1.91 bits per heavy atom. The van der Waals surface area contributed by atoms with Crippen molar-refractivity contribution in [3.8, 4) is 5.75 Å². The molecule has 1 saturated heterocycles. The summed E-state index contributed by atoms with van der Waals surface area (Å²) in [4.78, 5) is 24.3. The van der Waals surface area contributed by atoms with Gasteiger partial charge in [0.1, 0.15) is 10.8 Å². The van der Waals surface area contributed by atoms with E-state index in [0.717, 1.165) is 13.1 Å². The number of nitrogens with zero attached hydrogens (tertiary/aromatic N) is 4. The second kappa shape index (κ2) is 9.96. The van der Waals surface area contributed by atoms with Crippen LogP contribution in [0.1, 0.15) is 15.9 Å². The zero-order valence-corrected chi connectivity index (χ0v) is 19.8. The van der Waals surface area contributed by atoms with Crippen molar-refractivity contribution in [1.29, 1.82) is 0 Å². The van der Waals surface area contributed by atoms with Gasteiger partial charge in [0, 0.05) is 49.7 Å². The summed E-state index contributed by atoms with van der Waals surface area (Å²) in [7, 11) is 2.00. The Labute approximate surface area is 203 Å². The molecule has 0 unspecified atom stereocenters. The van der Waals surface area contributed by atoms with Gasteiger partial charge in [-0.1, -0.05) is 0 Å². The number of amides is 1. The molecule has 186 valence electrons. The molecular weight excluding hydrogens is 483 g/mol. The zero-order chi connectivity index (χ0) is 25.2. The van der Waals surface area contributed by atoms with E-state index >= 15 is 0 Å². The van der Waals surface area contributed by atoms with Crippen molar-refractivity contribution in [2.45, 2.75) is 13.3 Å². The number of anilines is 5. The molecule has 1 amide bonds.